The van der Waals surface area contributed by atoms with Crippen LogP contribution in [0.1, 0.15) is 10.4 Å². The number of hydrogen-bond acceptors (Lipinski definition) is 6. The number of nitrogens with zero attached hydrogens (tertiary/aromatic N) is 3. The zero-order valence-electron chi connectivity index (χ0n) is 11.4. The second-order valence-corrected chi connectivity index (χ2v) is 4.86. The number of oxime groups is 1. The molecule has 0 unspecified atom stereocenters. The van der Waals surface area contributed by atoms with Crippen molar-refractivity contribution in [1.29, 1.82) is 0 Å². The number of benzene rings is 1. The van der Waals surface area contributed by atoms with Crippen molar-refractivity contribution in [3.05, 3.63) is 23.8 Å². The molecule has 0 aromatic heterocycles. The van der Waals surface area contributed by atoms with E-state index in [-0.39, 0.29) is 23.2 Å². The lowest BCUT2D eigenvalue weighted by atomic mass is 10.1. The van der Waals surface area contributed by atoms with Gasteiger partial charge >= 0.3 is 0 Å². The molecule has 1 aliphatic heterocycles. The van der Waals surface area contributed by atoms with Crippen molar-refractivity contribution in [1.82, 2.24) is 9.80 Å². The average molecular weight is 294 g/mol. The summed E-state index contributed by atoms with van der Waals surface area (Å²) in [5.74, 6) is -0.631. The Morgan fingerprint density at radius 3 is 2.43 bits per heavy atom. The van der Waals surface area contributed by atoms with E-state index in [4.69, 9.17) is 10.9 Å². The molecule has 8 nitrogen and oxygen atoms in total. The maximum absolute atomic E-state index is 12.3. The van der Waals surface area contributed by atoms with E-state index in [0.29, 0.717) is 38.3 Å². The average Bonchev–Trinajstić information content (AvgIpc) is 2.50. The summed E-state index contributed by atoms with van der Waals surface area (Å²) in [6, 6.07) is 4.01. The first-order chi connectivity index (χ1) is 10.0. The van der Waals surface area contributed by atoms with Crippen LogP contribution < -0.4 is 5.73 Å². The number of carbonyl (C=O) groups is 1. The van der Waals surface area contributed by atoms with Gasteiger partial charge in [0, 0.05) is 31.7 Å². The topological polar surface area (TPSA) is 123 Å². The van der Waals surface area contributed by atoms with E-state index in [9.17, 15) is 15.0 Å². The van der Waals surface area contributed by atoms with Gasteiger partial charge in [0.2, 0.25) is 0 Å². The van der Waals surface area contributed by atoms with Crippen molar-refractivity contribution in [2.24, 2.45) is 10.9 Å². The third kappa shape index (κ3) is 3.54. The molecular formula is C13H18N4O4. The smallest absolute Gasteiger partial charge is 0.254 e. The van der Waals surface area contributed by atoms with Crippen LogP contribution in [-0.4, -0.2) is 69.7 Å². The zero-order valence-corrected chi connectivity index (χ0v) is 11.4. The molecule has 0 radical (unpaired) electrons. The van der Waals surface area contributed by atoms with E-state index in [1.54, 1.807) is 4.90 Å². The van der Waals surface area contributed by atoms with Crippen LogP contribution in [0, 0.1) is 0 Å². The monoisotopic (exact) mass is 294 g/mol. The van der Waals surface area contributed by atoms with Gasteiger partial charge in [-0.1, -0.05) is 5.16 Å². The quantitative estimate of drug-likeness (QED) is 0.198. The Balaban J connectivity index is 1.95. The predicted octanol–water partition coefficient (Wildman–Crippen LogP) is -0.398. The van der Waals surface area contributed by atoms with Gasteiger partial charge in [-0.2, -0.15) is 0 Å². The van der Waals surface area contributed by atoms with E-state index in [2.05, 4.69) is 5.16 Å². The first-order valence-electron chi connectivity index (χ1n) is 6.51. The molecule has 5 N–H and O–H groups in total. The van der Waals surface area contributed by atoms with Crippen molar-refractivity contribution in [2.45, 2.75) is 0 Å². The maximum atomic E-state index is 12.3. The molecule has 0 atom stereocenters. The highest BCUT2D eigenvalue weighted by Crippen LogP contribution is 2.25. The minimum absolute atomic E-state index is 0.137. The van der Waals surface area contributed by atoms with Crippen molar-refractivity contribution in [3.8, 4) is 11.5 Å². The van der Waals surface area contributed by atoms with Gasteiger partial charge in [0.15, 0.2) is 17.3 Å². The van der Waals surface area contributed by atoms with Crippen LogP contribution in [0.5, 0.6) is 11.5 Å². The number of amides is 1. The number of aromatic hydroxyl groups is 2. The van der Waals surface area contributed by atoms with Crippen LogP contribution in [0.3, 0.4) is 0 Å². The number of phenols is 2. The third-order valence-electron chi connectivity index (χ3n) is 3.40. The van der Waals surface area contributed by atoms with Gasteiger partial charge in [0.1, 0.15) is 0 Å². The summed E-state index contributed by atoms with van der Waals surface area (Å²) in [4.78, 5) is 15.9. The Morgan fingerprint density at radius 1 is 1.19 bits per heavy atom. The normalized spacial score (nSPS) is 17.0. The number of nitrogens with two attached hydrogens (primary N) is 1. The van der Waals surface area contributed by atoms with E-state index in [1.165, 1.54) is 18.2 Å². The molecule has 0 aliphatic carbocycles. The van der Waals surface area contributed by atoms with Crippen molar-refractivity contribution in [2.75, 3.05) is 32.7 Å². The minimum atomic E-state index is -0.314. The SMILES string of the molecule is N/C(CN1CCN(C(=O)c2ccc(O)c(O)c2)CC1)=N/O. The molecule has 1 aromatic carbocycles. The first kappa shape index (κ1) is 14.9. The summed E-state index contributed by atoms with van der Waals surface area (Å²) < 4.78 is 0. The van der Waals surface area contributed by atoms with Gasteiger partial charge in [0.25, 0.3) is 5.91 Å². The summed E-state index contributed by atoms with van der Waals surface area (Å²) in [6.07, 6.45) is 0. The second-order valence-electron chi connectivity index (χ2n) is 4.86. The largest absolute Gasteiger partial charge is 0.504 e. The van der Waals surface area contributed by atoms with Crippen LogP contribution >= 0.6 is 0 Å². The van der Waals surface area contributed by atoms with E-state index >= 15 is 0 Å². The predicted molar refractivity (Wildman–Crippen MR) is 75.5 cm³/mol. The standard InChI is InChI=1S/C13H18N4O4/c14-12(15-21)8-16-3-5-17(6-4-16)13(20)9-1-2-10(18)11(19)7-9/h1-2,7,18-19,21H,3-6,8H2,(H2,14,15). The number of rotatable bonds is 3. The molecule has 0 spiro atoms. The Labute approximate surface area is 121 Å². The Morgan fingerprint density at radius 2 is 1.86 bits per heavy atom. The van der Waals surface area contributed by atoms with Crippen LogP contribution in [0.15, 0.2) is 23.4 Å². The minimum Gasteiger partial charge on any atom is -0.504 e. The number of amidine groups is 1. The molecule has 114 valence electrons. The molecule has 21 heavy (non-hydrogen) atoms. The number of hydrogen-bond donors (Lipinski definition) is 4. The third-order valence-corrected chi connectivity index (χ3v) is 3.40. The van der Waals surface area contributed by atoms with Gasteiger partial charge < -0.3 is 26.1 Å². The molecule has 8 heteroatoms. The Bertz CT molecular complexity index is 553. The molecule has 2 rings (SSSR count). The number of piperazine rings is 1. The molecule has 0 saturated carbocycles. The van der Waals surface area contributed by atoms with Gasteiger partial charge in [-0.15, -0.1) is 0 Å². The van der Waals surface area contributed by atoms with E-state index in [1.807, 2.05) is 4.90 Å². The van der Waals surface area contributed by atoms with Crippen molar-refractivity contribution in [3.63, 3.8) is 0 Å². The summed E-state index contributed by atoms with van der Waals surface area (Å²) in [5.41, 5.74) is 5.78. The lowest BCUT2D eigenvalue weighted by Crippen LogP contribution is -2.50. The molecule has 1 amide bonds. The molecule has 1 heterocycles. The molecule has 1 aliphatic rings. The highest BCUT2D eigenvalue weighted by molar-refractivity contribution is 5.95. The Hall–Kier alpha value is -2.48. The van der Waals surface area contributed by atoms with Crippen LogP contribution in [0.2, 0.25) is 0 Å². The van der Waals surface area contributed by atoms with Crippen LogP contribution in [-0.2, 0) is 0 Å². The van der Waals surface area contributed by atoms with Crippen molar-refractivity contribution < 1.29 is 20.2 Å². The van der Waals surface area contributed by atoms with Gasteiger partial charge in [0.05, 0.1) is 6.54 Å². The molecule has 0 bridgehead atoms. The fourth-order valence-electron chi connectivity index (χ4n) is 2.21. The second kappa shape index (κ2) is 6.31. The van der Waals surface area contributed by atoms with E-state index < -0.39 is 0 Å². The number of phenolic OH excluding ortho intramolecular Hbond substituents is 2. The fourth-order valence-corrected chi connectivity index (χ4v) is 2.21. The molecule has 1 saturated heterocycles. The van der Waals surface area contributed by atoms with Crippen LogP contribution in [0.25, 0.3) is 0 Å². The Kier molecular flexibility index (Phi) is 4.49. The summed E-state index contributed by atoms with van der Waals surface area (Å²) in [7, 11) is 0. The van der Waals surface area contributed by atoms with E-state index in [0.717, 1.165) is 0 Å². The zero-order chi connectivity index (χ0) is 15.4. The van der Waals surface area contributed by atoms with Gasteiger partial charge in [-0.3, -0.25) is 9.69 Å². The van der Waals surface area contributed by atoms with Gasteiger partial charge in [-0.25, -0.2) is 0 Å². The summed E-state index contributed by atoms with van der Waals surface area (Å²) in [6.45, 7) is 2.62. The highest BCUT2D eigenvalue weighted by Gasteiger charge is 2.23. The number of carbonyl (C=O) groups excluding carboxylic acids is 1. The molecular weight excluding hydrogens is 276 g/mol. The first-order valence-corrected chi connectivity index (χ1v) is 6.51. The highest BCUT2D eigenvalue weighted by atomic mass is 16.4. The van der Waals surface area contributed by atoms with Gasteiger partial charge in [-0.05, 0) is 18.2 Å². The lowest BCUT2D eigenvalue weighted by Gasteiger charge is -2.34. The lowest BCUT2D eigenvalue weighted by molar-refractivity contribution is 0.0652. The summed E-state index contributed by atoms with van der Waals surface area (Å²) >= 11 is 0. The fraction of sp³-hybridized carbons (Fsp3) is 0.385. The maximum Gasteiger partial charge on any atom is 0.254 e. The van der Waals surface area contributed by atoms with Crippen molar-refractivity contribution >= 4 is 11.7 Å². The summed E-state index contributed by atoms with van der Waals surface area (Å²) in [5, 5.41) is 30.1. The van der Waals surface area contributed by atoms with Crippen LogP contribution in [0.4, 0.5) is 0 Å². The molecule has 1 aromatic rings. The molecule has 1 fully saturated rings.